The van der Waals surface area contributed by atoms with Gasteiger partial charge in [-0.2, -0.15) is 11.3 Å². The Kier molecular flexibility index (Phi) is 5.79. The molecule has 5 heteroatoms. The van der Waals surface area contributed by atoms with E-state index < -0.39 is 0 Å². The highest BCUT2D eigenvalue weighted by Crippen LogP contribution is 2.28. The van der Waals surface area contributed by atoms with Crippen molar-refractivity contribution < 1.29 is 4.79 Å². The van der Waals surface area contributed by atoms with E-state index in [4.69, 9.17) is 0 Å². The van der Waals surface area contributed by atoms with Gasteiger partial charge in [-0.3, -0.25) is 10.1 Å². The zero-order valence-electron chi connectivity index (χ0n) is 13.5. The van der Waals surface area contributed by atoms with Crippen LogP contribution in [-0.4, -0.2) is 47.9 Å². The number of thiophene rings is 1. The van der Waals surface area contributed by atoms with Gasteiger partial charge in [0.15, 0.2) is 0 Å². The van der Waals surface area contributed by atoms with Crippen molar-refractivity contribution in [2.24, 2.45) is 0 Å². The number of amides is 1. The molecule has 2 atom stereocenters. The Balaban J connectivity index is 2.08. The summed E-state index contributed by atoms with van der Waals surface area (Å²) in [7, 11) is 2.11. The summed E-state index contributed by atoms with van der Waals surface area (Å²) in [4.78, 5) is 16.9. The zero-order valence-corrected chi connectivity index (χ0v) is 14.3. The van der Waals surface area contributed by atoms with Crippen molar-refractivity contribution >= 4 is 17.2 Å². The Labute approximate surface area is 132 Å². The van der Waals surface area contributed by atoms with Gasteiger partial charge in [-0.25, -0.2) is 0 Å². The van der Waals surface area contributed by atoms with Crippen LogP contribution in [0.2, 0.25) is 0 Å². The molecule has 0 aromatic carbocycles. The highest BCUT2D eigenvalue weighted by Gasteiger charge is 2.38. The monoisotopic (exact) mass is 309 g/mol. The first kappa shape index (κ1) is 16.5. The maximum Gasteiger partial charge on any atom is 0.241 e. The summed E-state index contributed by atoms with van der Waals surface area (Å²) in [5.41, 5.74) is 1.21. The summed E-state index contributed by atoms with van der Waals surface area (Å²) in [6.45, 7) is 8.18. The summed E-state index contributed by atoms with van der Waals surface area (Å²) < 4.78 is 0. The van der Waals surface area contributed by atoms with Crippen molar-refractivity contribution in [2.75, 3.05) is 20.1 Å². The van der Waals surface area contributed by atoms with Crippen LogP contribution < -0.4 is 5.32 Å². The van der Waals surface area contributed by atoms with Gasteiger partial charge in [0.05, 0.1) is 6.04 Å². The van der Waals surface area contributed by atoms with E-state index >= 15 is 0 Å². The van der Waals surface area contributed by atoms with Crippen LogP contribution in [0.15, 0.2) is 16.8 Å². The second-order valence-corrected chi connectivity index (χ2v) is 6.85. The SMILES string of the molecule is CCCC1NC(c2ccsc2)N(CCN(C)C(C)C)C1=O. The number of hydrogen-bond donors (Lipinski definition) is 1. The first-order valence-corrected chi connectivity index (χ1v) is 8.77. The number of hydrogen-bond acceptors (Lipinski definition) is 4. The predicted octanol–water partition coefficient (Wildman–Crippen LogP) is 2.69. The van der Waals surface area contributed by atoms with Crippen molar-refractivity contribution in [3.8, 4) is 0 Å². The number of carbonyl (C=O) groups is 1. The lowest BCUT2D eigenvalue weighted by atomic mass is 10.2. The van der Waals surface area contributed by atoms with E-state index in [1.54, 1.807) is 11.3 Å². The zero-order chi connectivity index (χ0) is 15.4. The standard InChI is InChI=1S/C16H27N3OS/c1-5-6-14-16(20)19(9-8-18(4)12(2)3)15(17-14)13-7-10-21-11-13/h7,10-12,14-15,17H,5-6,8-9H2,1-4H3. The molecule has 0 bridgehead atoms. The van der Waals surface area contributed by atoms with Gasteiger partial charge >= 0.3 is 0 Å². The number of nitrogens with one attached hydrogen (secondary N) is 1. The molecule has 21 heavy (non-hydrogen) atoms. The molecule has 1 aliphatic rings. The van der Waals surface area contributed by atoms with Gasteiger partial charge < -0.3 is 9.80 Å². The molecule has 1 fully saturated rings. The van der Waals surface area contributed by atoms with E-state index in [0.29, 0.717) is 6.04 Å². The Bertz CT molecular complexity index is 446. The molecule has 2 heterocycles. The van der Waals surface area contributed by atoms with Crippen molar-refractivity contribution in [3.05, 3.63) is 22.4 Å². The average Bonchev–Trinajstić information content (AvgIpc) is 3.06. The molecule has 2 unspecified atom stereocenters. The number of rotatable bonds is 7. The van der Waals surface area contributed by atoms with Crippen LogP contribution in [0.25, 0.3) is 0 Å². The molecule has 2 rings (SSSR count). The molecule has 0 radical (unpaired) electrons. The van der Waals surface area contributed by atoms with Crippen LogP contribution in [0.3, 0.4) is 0 Å². The van der Waals surface area contributed by atoms with Crippen LogP contribution in [0.4, 0.5) is 0 Å². The summed E-state index contributed by atoms with van der Waals surface area (Å²) in [6, 6.07) is 2.59. The van der Waals surface area contributed by atoms with Gasteiger partial charge in [0.1, 0.15) is 6.17 Å². The lowest BCUT2D eigenvalue weighted by Gasteiger charge is -2.28. The largest absolute Gasteiger partial charge is 0.320 e. The van der Waals surface area contributed by atoms with E-state index in [-0.39, 0.29) is 18.1 Å². The Morgan fingerprint density at radius 3 is 2.81 bits per heavy atom. The van der Waals surface area contributed by atoms with Gasteiger partial charge in [0.2, 0.25) is 5.91 Å². The Morgan fingerprint density at radius 1 is 1.48 bits per heavy atom. The van der Waals surface area contributed by atoms with Gasteiger partial charge in [0.25, 0.3) is 0 Å². The fourth-order valence-electron chi connectivity index (χ4n) is 2.64. The highest BCUT2D eigenvalue weighted by molar-refractivity contribution is 7.07. The fourth-order valence-corrected chi connectivity index (χ4v) is 3.32. The van der Waals surface area contributed by atoms with Gasteiger partial charge in [-0.1, -0.05) is 13.3 Å². The lowest BCUT2D eigenvalue weighted by molar-refractivity contribution is -0.130. The number of likely N-dealkylation sites (N-methyl/N-ethyl adjacent to an activating group) is 1. The molecule has 0 saturated carbocycles. The number of nitrogens with zero attached hydrogens (tertiary/aromatic N) is 2. The molecule has 118 valence electrons. The molecule has 1 amide bonds. The highest BCUT2D eigenvalue weighted by atomic mass is 32.1. The Morgan fingerprint density at radius 2 is 2.24 bits per heavy atom. The molecule has 0 spiro atoms. The maximum atomic E-state index is 12.6. The summed E-state index contributed by atoms with van der Waals surface area (Å²) in [5, 5.41) is 7.73. The first-order valence-electron chi connectivity index (χ1n) is 7.83. The minimum Gasteiger partial charge on any atom is -0.320 e. The van der Waals surface area contributed by atoms with Crippen LogP contribution in [0, 0.1) is 0 Å². The van der Waals surface area contributed by atoms with Gasteiger partial charge in [-0.15, -0.1) is 0 Å². The van der Waals surface area contributed by atoms with Crippen LogP contribution in [-0.2, 0) is 4.79 Å². The van der Waals surface area contributed by atoms with Crippen LogP contribution >= 0.6 is 11.3 Å². The minimum atomic E-state index is -0.0238. The molecular formula is C16H27N3OS. The molecular weight excluding hydrogens is 282 g/mol. The third-order valence-corrected chi connectivity index (χ3v) is 4.96. The molecule has 1 aromatic rings. The molecule has 1 N–H and O–H groups in total. The van der Waals surface area contributed by atoms with Gasteiger partial charge in [0, 0.05) is 19.1 Å². The van der Waals surface area contributed by atoms with Crippen molar-refractivity contribution in [2.45, 2.75) is 51.9 Å². The van der Waals surface area contributed by atoms with E-state index in [1.807, 2.05) is 4.90 Å². The summed E-state index contributed by atoms with van der Waals surface area (Å²) in [6.07, 6.45) is 1.98. The second kappa shape index (κ2) is 7.38. The third-order valence-electron chi connectivity index (χ3n) is 4.26. The maximum absolute atomic E-state index is 12.6. The quantitative estimate of drug-likeness (QED) is 0.841. The molecule has 1 saturated heterocycles. The van der Waals surface area contributed by atoms with Crippen molar-refractivity contribution in [1.29, 1.82) is 0 Å². The summed E-state index contributed by atoms with van der Waals surface area (Å²) in [5.74, 6) is 0.255. The average molecular weight is 309 g/mol. The fraction of sp³-hybridized carbons (Fsp3) is 0.688. The number of carbonyl (C=O) groups excluding carboxylic acids is 1. The van der Waals surface area contributed by atoms with Gasteiger partial charge in [-0.05, 0) is 49.7 Å². The minimum absolute atomic E-state index is 0.0238. The molecule has 0 aliphatic carbocycles. The Hall–Kier alpha value is -0.910. The first-order chi connectivity index (χ1) is 10.0. The predicted molar refractivity (Wildman–Crippen MR) is 88.4 cm³/mol. The molecule has 1 aliphatic heterocycles. The smallest absolute Gasteiger partial charge is 0.241 e. The normalized spacial score (nSPS) is 22.8. The van der Waals surface area contributed by atoms with E-state index in [1.165, 1.54) is 5.56 Å². The molecule has 1 aromatic heterocycles. The van der Waals surface area contributed by atoms with E-state index in [2.05, 4.69) is 54.9 Å². The van der Waals surface area contributed by atoms with E-state index in [0.717, 1.165) is 25.9 Å². The van der Waals surface area contributed by atoms with E-state index in [9.17, 15) is 4.79 Å². The van der Waals surface area contributed by atoms with Crippen molar-refractivity contribution in [3.63, 3.8) is 0 Å². The second-order valence-electron chi connectivity index (χ2n) is 6.07. The topological polar surface area (TPSA) is 35.6 Å². The van der Waals surface area contributed by atoms with Crippen LogP contribution in [0.5, 0.6) is 0 Å². The van der Waals surface area contributed by atoms with Crippen LogP contribution in [0.1, 0.15) is 45.3 Å². The third kappa shape index (κ3) is 3.84. The summed E-state index contributed by atoms with van der Waals surface area (Å²) >= 11 is 1.69. The van der Waals surface area contributed by atoms with Crippen molar-refractivity contribution in [1.82, 2.24) is 15.1 Å². The lowest BCUT2D eigenvalue weighted by Crippen LogP contribution is -2.39. The molecule has 4 nitrogen and oxygen atoms in total.